The summed E-state index contributed by atoms with van der Waals surface area (Å²) in [5.41, 5.74) is 1.16. The molecule has 0 radical (unpaired) electrons. The Labute approximate surface area is 95.5 Å². The number of carbonyl (C=O) groups excluding carboxylic acids is 1. The van der Waals surface area contributed by atoms with Crippen LogP contribution in [0.25, 0.3) is 0 Å². The summed E-state index contributed by atoms with van der Waals surface area (Å²) in [5.74, 6) is 0.649. The normalized spacial score (nSPS) is 15.9. The molecule has 0 unspecified atom stereocenters. The Bertz CT molecular complexity index is 370. The van der Waals surface area contributed by atoms with E-state index in [1.165, 1.54) is 0 Å². The van der Waals surface area contributed by atoms with Crippen LogP contribution in [-0.2, 0) is 11.3 Å². The number of nitrogens with one attached hydrogen (secondary N) is 1. The third-order valence-electron chi connectivity index (χ3n) is 3.15. The van der Waals surface area contributed by atoms with E-state index in [2.05, 4.69) is 10.3 Å². The second-order valence-electron chi connectivity index (χ2n) is 4.21. The van der Waals surface area contributed by atoms with Gasteiger partial charge in [0.1, 0.15) is 6.54 Å². The van der Waals surface area contributed by atoms with Crippen LogP contribution in [0.1, 0.15) is 18.5 Å². The molecule has 1 aromatic heterocycles. The lowest BCUT2D eigenvalue weighted by molar-refractivity contribution is -0.130. The molecule has 5 nitrogen and oxygen atoms in total. The van der Waals surface area contributed by atoms with Crippen molar-refractivity contribution in [3.8, 4) is 0 Å². The van der Waals surface area contributed by atoms with Gasteiger partial charge in [0.25, 0.3) is 0 Å². The molecule has 1 fully saturated rings. The van der Waals surface area contributed by atoms with E-state index in [-0.39, 0.29) is 5.91 Å². The number of imidazole rings is 1. The molecule has 16 heavy (non-hydrogen) atoms. The molecule has 2 rings (SSSR count). The largest absolute Gasteiger partial charge is 0.344 e. The van der Waals surface area contributed by atoms with Crippen molar-refractivity contribution in [2.45, 2.75) is 19.4 Å². The summed E-state index contributed by atoms with van der Waals surface area (Å²) in [6.45, 7) is 5.10. The Morgan fingerprint density at radius 1 is 1.69 bits per heavy atom. The summed E-state index contributed by atoms with van der Waals surface area (Å²) in [5, 5.41) is 3.23. The number of likely N-dealkylation sites (N-methyl/N-ethyl adjacent to an activating group) is 1. The minimum Gasteiger partial charge on any atom is -0.344 e. The molecule has 1 N–H and O–H groups in total. The number of nitrogens with zero attached hydrogens (tertiary/aromatic N) is 3. The molecule has 1 saturated heterocycles. The number of hydrogen-bond acceptors (Lipinski definition) is 3. The fourth-order valence-corrected chi connectivity index (χ4v) is 1.74. The van der Waals surface area contributed by atoms with Crippen molar-refractivity contribution in [1.29, 1.82) is 0 Å². The standard InChI is InChI=1S/C11H18N4O/c1-3-14(2)11(16)7-15-8-13-6-10(15)9-4-12-5-9/h6,8-9,12H,3-5,7H2,1-2H3. The van der Waals surface area contributed by atoms with Crippen LogP contribution in [0, 0.1) is 0 Å². The fourth-order valence-electron chi connectivity index (χ4n) is 1.74. The van der Waals surface area contributed by atoms with Gasteiger partial charge in [0, 0.05) is 44.5 Å². The van der Waals surface area contributed by atoms with Crippen LogP contribution in [-0.4, -0.2) is 47.0 Å². The highest BCUT2D eigenvalue weighted by Gasteiger charge is 2.23. The smallest absolute Gasteiger partial charge is 0.242 e. The molecule has 88 valence electrons. The quantitative estimate of drug-likeness (QED) is 0.783. The SMILES string of the molecule is CCN(C)C(=O)Cn1cncc1C1CNC1. The van der Waals surface area contributed by atoms with Gasteiger partial charge in [-0.15, -0.1) is 0 Å². The first-order chi connectivity index (χ1) is 7.72. The minimum atomic E-state index is 0.133. The predicted octanol–water partition coefficient (Wildman–Crippen LogP) is 0.0482. The zero-order valence-corrected chi connectivity index (χ0v) is 9.81. The van der Waals surface area contributed by atoms with E-state index >= 15 is 0 Å². The van der Waals surface area contributed by atoms with Gasteiger partial charge in [-0.1, -0.05) is 0 Å². The van der Waals surface area contributed by atoms with E-state index in [1.54, 1.807) is 11.2 Å². The molecule has 5 heteroatoms. The molecule has 1 aliphatic heterocycles. The fraction of sp³-hybridized carbons (Fsp3) is 0.636. The molecular formula is C11H18N4O. The lowest BCUT2D eigenvalue weighted by Crippen LogP contribution is -2.41. The van der Waals surface area contributed by atoms with Gasteiger partial charge in [-0.25, -0.2) is 4.98 Å². The van der Waals surface area contributed by atoms with E-state index < -0.39 is 0 Å². The molecule has 0 aliphatic carbocycles. The monoisotopic (exact) mass is 222 g/mol. The van der Waals surface area contributed by atoms with E-state index in [9.17, 15) is 4.79 Å². The van der Waals surface area contributed by atoms with Gasteiger partial charge in [-0.3, -0.25) is 4.79 Å². The number of aromatic nitrogens is 2. The number of rotatable bonds is 4. The maximum absolute atomic E-state index is 11.8. The second-order valence-corrected chi connectivity index (χ2v) is 4.21. The molecule has 0 atom stereocenters. The zero-order chi connectivity index (χ0) is 11.5. The predicted molar refractivity (Wildman–Crippen MR) is 61.1 cm³/mol. The van der Waals surface area contributed by atoms with E-state index in [0.29, 0.717) is 12.5 Å². The van der Waals surface area contributed by atoms with Crippen molar-refractivity contribution in [3.63, 3.8) is 0 Å². The van der Waals surface area contributed by atoms with Crippen molar-refractivity contribution >= 4 is 5.91 Å². The molecule has 0 aromatic carbocycles. The topological polar surface area (TPSA) is 50.2 Å². The van der Waals surface area contributed by atoms with E-state index in [0.717, 1.165) is 25.3 Å². The summed E-state index contributed by atoms with van der Waals surface area (Å²) in [6, 6.07) is 0. The van der Waals surface area contributed by atoms with Gasteiger partial charge in [0.2, 0.25) is 5.91 Å². The highest BCUT2D eigenvalue weighted by molar-refractivity contribution is 5.75. The Balaban J connectivity index is 2.03. The van der Waals surface area contributed by atoms with Crippen molar-refractivity contribution in [2.24, 2.45) is 0 Å². The Kier molecular flexibility index (Phi) is 3.24. The summed E-state index contributed by atoms with van der Waals surface area (Å²) < 4.78 is 1.96. The van der Waals surface area contributed by atoms with Crippen LogP contribution in [0.2, 0.25) is 0 Å². The Morgan fingerprint density at radius 2 is 2.44 bits per heavy atom. The maximum Gasteiger partial charge on any atom is 0.242 e. The highest BCUT2D eigenvalue weighted by atomic mass is 16.2. The first-order valence-corrected chi connectivity index (χ1v) is 5.67. The van der Waals surface area contributed by atoms with Crippen molar-refractivity contribution in [1.82, 2.24) is 19.8 Å². The molecule has 1 aromatic rings. The van der Waals surface area contributed by atoms with Crippen molar-refractivity contribution < 1.29 is 4.79 Å². The van der Waals surface area contributed by atoms with Gasteiger partial charge in [-0.05, 0) is 6.92 Å². The molecule has 1 aliphatic rings. The van der Waals surface area contributed by atoms with E-state index in [4.69, 9.17) is 0 Å². The number of hydrogen-bond donors (Lipinski definition) is 1. The molecule has 2 heterocycles. The van der Waals surface area contributed by atoms with Crippen molar-refractivity contribution in [2.75, 3.05) is 26.7 Å². The van der Waals surface area contributed by atoms with Gasteiger partial charge < -0.3 is 14.8 Å². The molecule has 0 saturated carbocycles. The van der Waals surface area contributed by atoms with Crippen LogP contribution in [0.4, 0.5) is 0 Å². The maximum atomic E-state index is 11.8. The highest BCUT2D eigenvalue weighted by Crippen LogP contribution is 2.19. The first kappa shape index (κ1) is 11.1. The average molecular weight is 222 g/mol. The lowest BCUT2D eigenvalue weighted by atomic mass is 10.00. The number of amides is 1. The number of carbonyl (C=O) groups is 1. The van der Waals surface area contributed by atoms with Crippen LogP contribution in [0.15, 0.2) is 12.5 Å². The van der Waals surface area contributed by atoms with Crippen LogP contribution >= 0.6 is 0 Å². The van der Waals surface area contributed by atoms with Gasteiger partial charge in [0.05, 0.1) is 6.33 Å². The van der Waals surface area contributed by atoms with Gasteiger partial charge >= 0.3 is 0 Å². The van der Waals surface area contributed by atoms with E-state index in [1.807, 2.05) is 24.7 Å². The zero-order valence-electron chi connectivity index (χ0n) is 9.81. The molecular weight excluding hydrogens is 204 g/mol. The molecule has 0 spiro atoms. The summed E-state index contributed by atoms with van der Waals surface area (Å²) in [4.78, 5) is 17.6. The third-order valence-corrected chi connectivity index (χ3v) is 3.15. The summed E-state index contributed by atoms with van der Waals surface area (Å²) >= 11 is 0. The lowest BCUT2D eigenvalue weighted by Gasteiger charge is -2.28. The summed E-state index contributed by atoms with van der Waals surface area (Å²) in [6.07, 6.45) is 3.61. The Morgan fingerprint density at radius 3 is 3.00 bits per heavy atom. The molecule has 0 bridgehead atoms. The van der Waals surface area contributed by atoms with Crippen LogP contribution in [0.5, 0.6) is 0 Å². The Hall–Kier alpha value is -1.36. The van der Waals surface area contributed by atoms with Crippen LogP contribution < -0.4 is 5.32 Å². The first-order valence-electron chi connectivity index (χ1n) is 5.67. The minimum absolute atomic E-state index is 0.133. The average Bonchev–Trinajstić information content (AvgIpc) is 2.62. The third kappa shape index (κ3) is 2.09. The van der Waals surface area contributed by atoms with Crippen LogP contribution in [0.3, 0.4) is 0 Å². The molecule has 1 amide bonds. The van der Waals surface area contributed by atoms with Crippen molar-refractivity contribution in [3.05, 3.63) is 18.2 Å². The van der Waals surface area contributed by atoms with Gasteiger partial charge in [-0.2, -0.15) is 0 Å². The second kappa shape index (κ2) is 4.65. The summed E-state index contributed by atoms with van der Waals surface area (Å²) in [7, 11) is 1.82. The van der Waals surface area contributed by atoms with Gasteiger partial charge in [0.15, 0.2) is 0 Å².